The van der Waals surface area contributed by atoms with Crippen LogP contribution in [0.2, 0.25) is 0 Å². The smallest absolute Gasteiger partial charge is 0.318 e. The minimum absolute atomic E-state index is 0.0141. The molecule has 3 rings (SSSR count). The molecule has 0 fully saturated rings. The van der Waals surface area contributed by atoms with E-state index in [4.69, 9.17) is 8.83 Å². The number of hydrogen-bond donors (Lipinski definition) is 1. The first-order valence-corrected chi connectivity index (χ1v) is 7.92. The third kappa shape index (κ3) is 4.50. The molecule has 2 aromatic heterocycles. The van der Waals surface area contributed by atoms with Gasteiger partial charge in [0.2, 0.25) is 0 Å². The molecule has 2 amide bonds. The molecule has 0 saturated carbocycles. The van der Waals surface area contributed by atoms with E-state index in [0.717, 1.165) is 0 Å². The van der Waals surface area contributed by atoms with Gasteiger partial charge in [0, 0.05) is 18.7 Å². The zero-order chi connectivity index (χ0) is 18.4. The standard InChI is InChI=1S/C18H17N3O5/c22-18(19-11-14-4-1-5-15(10-14)21(23)24)20(12-16-6-2-8-25-16)13-17-7-3-9-26-17/h1-10H,11-13H2,(H,19,22). The maximum Gasteiger partial charge on any atom is 0.318 e. The van der Waals surface area contributed by atoms with Gasteiger partial charge in [0.15, 0.2) is 0 Å². The number of urea groups is 1. The number of nitrogens with one attached hydrogen (secondary N) is 1. The molecule has 3 aromatic rings. The number of nitrogens with zero attached hydrogens (tertiary/aromatic N) is 2. The Hall–Kier alpha value is -3.55. The Morgan fingerprint density at radius 1 is 1.04 bits per heavy atom. The zero-order valence-corrected chi connectivity index (χ0v) is 13.8. The molecule has 0 spiro atoms. The Bertz CT molecular complexity index is 823. The molecule has 8 heteroatoms. The Morgan fingerprint density at radius 2 is 1.69 bits per heavy atom. The van der Waals surface area contributed by atoms with Crippen molar-refractivity contribution in [3.8, 4) is 0 Å². The molecule has 0 atom stereocenters. The number of nitro groups is 1. The molecule has 8 nitrogen and oxygen atoms in total. The molecular weight excluding hydrogens is 338 g/mol. The number of hydrogen-bond acceptors (Lipinski definition) is 5. The van der Waals surface area contributed by atoms with Gasteiger partial charge in [-0.05, 0) is 29.8 Å². The van der Waals surface area contributed by atoms with E-state index in [1.807, 2.05) is 0 Å². The van der Waals surface area contributed by atoms with Crippen molar-refractivity contribution in [2.75, 3.05) is 0 Å². The van der Waals surface area contributed by atoms with Gasteiger partial charge in [0.05, 0.1) is 30.5 Å². The quantitative estimate of drug-likeness (QED) is 0.514. The summed E-state index contributed by atoms with van der Waals surface area (Å²) in [5.41, 5.74) is 0.628. The summed E-state index contributed by atoms with van der Waals surface area (Å²) in [5, 5.41) is 13.6. The number of carbonyl (C=O) groups excluding carboxylic acids is 1. The highest BCUT2D eigenvalue weighted by Crippen LogP contribution is 2.14. The van der Waals surface area contributed by atoms with Crippen molar-refractivity contribution < 1.29 is 18.6 Å². The topological polar surface area (TPSA) is 102 Å². The molecule has 1 aromatic carbocycles. The van der Waals surface area contributed by atoms with Crippen LogP contribution in [0.1, 0.15) is 17.1 Å². The fourth-order valence-corrected chi connectivity index (χ4v) is 2.45. The molecule has 0 radical (unpaired) electrons. The highest BCUT2D eigenvalue weighted by Gasteiger charge is 2.17. The maximum atomic E-state index is 12.6. The van der Waals surface area contributed by atoms with Gasteiger partial charge < -0.3 is 19.1 Å². The van der Waals surface area contributed by atoms with E-state index in [1.165, 1.54) is 17.0 Å². The second-order valence-electron chi connectivity index (χ2n) is 5.60. The van der Waals surface area contributed by atoms with Crippen molar-refractivity contribution >= 4 is 11.7 Å². The van der Waals surface area contributed by atoms with E-state index in [0.29, 0.717) is 17.1 Å². The summed E-state index contributed by atoms with van der Waals surface area (Å²) in [7, 11) is 0. The summed E-state index contributed by atoms with van der Waals surface area (Å²) >= 11 is 0. The summed E-state index contributed by atoms with van der Waals surface area (Å²) < 4.78 is 10.6. The van der Waals surface area contributed by atoms with Crippen LogP contribution < -0.4 is 5.32 Å². The van der Waals surface area contributed by atoms with Crippen LogP contribution in [0, 0.1) is 10.1 Å². The Balaban J connectivity index is 1.66. The van der Waals surface area contributed by atoms with Gasteiger partial charge in [-0.15, -0.1) is 0 Å². The van der Waals surface area contributed by atoms with E-state index in [9.17, 15) is 14.9 Å². The fourth-order valence-electron chi connectivity index (χ4n) is 2.45. The van der Waals surface area contributed by atoms with E-state index in [-0.39, 0.29) is 31.4 Å². The predicted octanol–water partition coefficient (Wildman–Crippen LogP) is 3.69. The van der Waals surface area contributed by atoms with Gasteiger partial charge in [-0.25, -0.2) is 4.79 Å². The average Bonchev–Trinajstić information content (AvgIpc) is 3.33. The number of carbonyl (C=O) groups is 1. The van der Waals surface area contributed by atoms with Crippen LogP contribution in [0.15, 0.2) is 69.9 Å². The molecule has 134 valence electrons. The van der Waals surface area contributed by atoms with Crippen molar-refractivity contribution in [1.29, 1.82) is 0 Å². The van der Waals surface area contributed by atoms with E-state index < -0.39 is 4.92 Å². The fraction of sp³-hybridized carbons (Fsp3) is 0.167. The number of benzene rings is 1. The molecule has 1 N–H and O–H groups in total. The number of non-ortho nitro benzene ring substituents is 1. The minimum atomic E-state index is -0.467. The average molecular weight is 355 g/mol. The Morgan fingerprint density at radius 3 is 2.23 bits per heavy atom. The molecule has 0 aliphatic carbocycles. The van der Waals surface area contributed by atoms with Gasteiger partial charge in [0.1, 0.15) is 11.5 Å². The largest absolute Gasteiger partial charge is 0.467 e. The van der Waals surface area contributed by atoms with Crippen LogP contribution in [0.3, 0.4) is 0 Å². The number of amides is 2. The van der Waals surface area contributed by atoms with Crippen molar-refractivity contribution in [2.45, 2.75) is 19.6 Å². The maximum absolute atomic E-state index is 12.6. The second kappa shape index (κ2) is 8.02. The lowest BCUT2D eigenvalue weighted by molar-refractivity contribution is -0.384. The highest BCUT2D eigenvalue weighted by molar-refractivity contribution is 5.74. The lowest BCUT2D eigenvalue weighted by Crippen LogP contribution is -2.38. The molecule has 0 aliphatic heterocycles. The first-order valence-electron chi connectivity index (χ1n) is 7.92. The van der Waals surface area contributed by atoms with E-state index in [1.54, 1.807) is 48.9 Å². The summed E-state index contributed by atoms with van der Waals surface area (Å²) in [6.45, 7) is 0.719. The summed E-state index contributed by atoms with van der Waals surface area (Å²) in [6.07, 6.45) is 3.09. The van der Waals surface area contributed by atoms with Gasteiger partial charge in [0.25, 0.3) is 5.69 Å². The van der Waals surface area contributed by atoms with Gasteiger partial charge in [-0.2, -0.15) is 0 Å². The Labute approximate surface area is 149 Å². The molecule has 0 unspecified atom stereocenters. The number of nitro benzene ring substituents is 1. The summed E-state index contributed by atoms with van der Waals surface area (Å²) in [6, 6.07) is 12.9. The molecular formula is C18H17N3O5. The highest BCUT2D eigenvalue weighted by atomic mass is 16.6. The van der Waals surface area contributed by atoms with Crippen LogP contribution >= 0.6 is 0 Å². The Kier molecular flexibility index (Phi) is 5.33. The molecule has 0 aliphatic rings. The monoisotopic (exact) mass is 355 g/mol. The number of rotatable bonds is 7. The summed E-state index contributed by atoms with van der Waals surface area (Å²) in [5.74, 6) is 1.28. The summed E-state index contributed by atoms with van der Waals surface area (Å²) in [4.78, 5) is 24.5. The van der Waals surface area contributed by atoms with Gasteiger partial charge in [-0.1, -0.05) is 12.1 Å². The third-order valence-electron chi connectivity index (χ3n) is 3.71. The van der Waals surface area contributed by atoms with Crippen molar-refractivity contribution in [1.82, 2.24) is 10.2 Å². The first kappa shape index (κ1) is 17.3. The number of furan rings is 2. The SMILES string of the molecule is O=C(NCc1cccc([N+](=O)[O-])c1)N(Cc1ccco1)Cc1ccco1. The van der Waals surface area contributed by atoms with Gasteiger partial charge >= 0.3 is 6.03 Å². The molecule has 2 heterocycles. The van der Waals surface area contributed by atoms with Crippen LogP contribution in [0.4, 0.5) is 10.5 Å². The lowest BCUT2D eigenvalue weighted by Gasteiger charge is -2.21. The molecule has 0 saturated heterocycles. The van der Waals surface area contributed by atoms with Crippen LogP contribution in [-0.4, -0.2) is 15.9 Å². The molecule has 0 bridgehead atoms. The lowest BCUT2D eigenvalue weighted by atomic mass is 10.2. The van der Waals surface area contributed by atoms with Crippen LogP contribution in [0.5, 0.6) is 0 Å². The van der Waals surface area contributed by atoms with Crippen molar-refractivity contribution in [3.05, 3.63) is 88.3 Å². The normalized spacial score (nSPS) is 10.5. The zero-order valence-electron chi connectivity index (χ0n) is 13.8. The molecule has 26 heavy (non-hydrogen) atoms. The second-order valence-corrected chi connectivity index (χ2v) is 5.60. The van der Waals surface area contributed by atoms with Crippen LogP contribution in [-0.2, 0) is 19.6 Å². The third-order valence-corrected chi connectivity index (χ3v) is 3.71. The van der Waals surface area contributed by atoms with Gasteiger partial charge in [-0.3, -0.25) is 10.1 Å². The van der Waals surface area contributed by atoms with E-state index >= 15 is 0 Å². The van der Waals surface area contributed by atoms with Crippen molar-refractivity contribution in [2.24, 2.45) is 0 Å². The van der Waals surface area contributed by atoms with E-state index in [2.05, 4.69) is 5.32 Å². The van der Waals surface area contributed by atoms with Crippen LogP contribution in [0.25, 0.3) is 0 Å². The first-order chi connectivity index (χ1) is 12.6. The van der Waals surface area contributed by atoms with Crippen molar-refractivity contribution in [3.63, 3.8) is 0 Å². The predicted molar refractivity (Wildman–Crippen MR) is 92.0 cm³/mol. The minimum Gasteiger partial charge on any atom is -0.467 e.